The lowest BCUT2D eigenvalue weighted by molar-refractivity contribution is -0.117. The van der Waals surface area contributed by atoms with Gasteiger partial charge in [-0.1, -0.05) is 48.5 Å². The molecule has 1 atom stereocenters. The molecule has 0 fully saturated rings. The summed E-state index contributed by atoms with van der Waals surface area (Å²) in [4.78, 5) is 11.5. The molecule has 0 amide bonds. The molecule has 0 bridgehead atoms. The first-order chi connectivity index (χ1) is 8.27. The Bertz CT molecular complexity index is 482. The highest BCUT2D eigenvalue weighted by Crippen LogP contribution is 2.23. The van der Waals surface area contributed by atoms with E-state index in [0.29, 0.717) is 5.75 Å². The number of para-hydroxylation sites is 1. The minimum Gasteiger partial charge on any atom is -0.477 e. The average molecular weight is 244 g/mol. The molecule has 0 aromatic heterocycles. The van der Waals surface area contributed by atoms with Crippen LogP contribution in [0.25, 0.3) is 0 Å². The molecule has 2 nitrogen and oxygen atoms in total. The fraction of sp³-hybridized carbons (Fsp3) is 0.0714. The summed E-state index contributed by atoms with van der Waals surface area (Å²) in [6.07, 6.45) is -0.665. The number of hydrogen-bond donors (Lipinski definition) is 1. The van der Waals surface area contributed by atoms with Crippen LogP contribution in [-0.4, -0.2) is 5.12 Å². The van der Waals surface area contributed by atoms with Crippen molar-refractivity contribution in [2.45, 2.75) is 6.10 Å². The summed E-state index contributed by atoms with van der Waals surface area (Å²) < 4.78 is 5.64. The standard InChI is InChI=1S/C14H12O2S/c15-14(17)13(11-7-3-1-4-8-11)16-12-9-5-2-6-10-12/h1-10,13H,(H,15,17). The molecule has 86 valence electrons. The molecule has 17 heavy (non-hydrogen) atoms. The summed E-state index contributed by atoms with van der Waals surface area (Å²) in [6.45, 7) is 0. The topological polar surface area (TPSA) is 26.3 Å². The lowest BCUT2D eigenvalue weighted by atomic mass is 10.1. The fourth-order valence-corrected chi connectivity index (χ4v) is 1.73. The Morgan fingerprint density at radius 3 is 2.00 bits per heavy atom. The second-order valence-electron chi connectivity index (χ2n) is 3.56. The molecular weight excluding hydrogens is 232 g/mol. The molecule has 0 aliphatic rings. The van der Waals surface area contributed by atoms with Gasteiger partial charge in [-0.3, -0.25) is 4.79 Å². The third kappa shape index (κ3) is 3.11. The molecule has 0 radical (unpaired) electrons. The van der Waals surface area contributed by atoms with Gasteiger partial charge in [0.15, 0.2) is 6.10 Å². The molecule has 0 aliphatic heterocycles. The summed E-state index contributed by atoms with van der Waals surface area (Å²) in [7, 11) is 0. The van der Waals surface area contributed by atoms with Gasteiger partial charge in [-0.05, 0) is 12.1 Å². The van der Waals surface area contributed by atoms with Crippen molar-refractivity contribution in [3.8, 4) is 5.75 Å². The highest BCUT2D eigenvalue weighted by Gasteiger charge is 2.18. The SMILES string of the molecule is O=C(S)C(Oc1ccccc1)c1ccccc1. The zero-order valence-electron chi connectivity index (χ0n) is 9.11. The number of ether oxygens (including phenoxy) is 1. The Morgan fingerprint density at radius 2 is 1.47 bits per heavy atom. The van der Waals surface area contributed by atoms with Crippen molar-refractivity contribution < 1.29 is 9.53 Å². The monoisotopic (exact) mass is 244 g/mol. The highest BCUT2D eigenvalue weighted by molar-refractivity contribution is 7.96. The first-order valence-corrected chi connectivity index (χ1v) is 5.71. The number of thiol groups is 1. The van der Waals surface area contributed by atoms with E-state index in [4.69, 9.17) is 4.74 Å². The van der Waals surface area contributed by atoms with Crippen LogP contribution < -0.4 is 4.74 Å². The Kier molecular flexibility index (Phi) is 3.83. The summed E-state index contributed by atoms with van der Waals surface area (Å²) >= 11 is 3.87. The van der Waals surface area contributed by atoms with Crippen LogP contribution in [0, 0.1) is 0 Å². The Labute approximate surface area is 106 Å². The van der Waals surface area contributed by atoms with Gasteiger partial charge in [0.25, 0.3) is 0 Å². The Morgan fingerprint density at radius 1 is 0.941 bits per heavy atom. The van der Waals surface area contributed by atoms with E-state index in [0.717, 1.165) is 5.56 Å². The van der Waals surface area contributed by atoms with Crippen LogP contribution in [0.1, 0.15) is 11.7 Å². The largest absolute Gasteiger partial charge is 0.477 e. The van der Waals surface area contributed by atoms with E-state index in [1.165, 1.54) is 0 Å². The third-order valence-corrected chi connectivity index (χ3v) is 2.56. The molecule has 0 spiro atoms. The van der Waals surface area contributed by atoms with E-state index in [-0.39, 0.29) is 5.12 Å². The smallest absolute Gasteiger partial charge is 0.231 e. The first-order valence-electron chi connectivity index (χ1n) is 5.27. The molecular formula is C14H12O2S. The maximum Gasteiger partial charge on any atom is 0.231 e. The van der Waals surface area contributed by atoms with E-state index < -0.39 is 6.10 Å². The summed E-state index contributed by atoms with van der Waals surface area (Å²) in [5.74, 6) is 0.656. The van der Waals surface area contributed by atoms with Crippen molar-refractivity contribution in [2.75, 3.05) is 0 Å². The van der Waals surface area contributed by atoms with Gasteiger partial charge in [0.1, 0.15) is 5.75 Å². The first kappa shape index (κ1) is 11.7. The predicted molar refractivity (Wildman–Crippen MR) is 70.2 cm³/mol. The molecule has 2 aromatic rings. The number of rotatable bonds is 4. The van der Waals surface area contributed by atoms with Crippen LogP contribution in [-0.2, 0) is 4.79 Å². The number of benzene rings is 2. The molecule has 0 heterocycles. The quantitative estimate of drug-likeness (QED) is 0.835. The maximum absolute atomic E-state index is 11.5. The molecule has 0 saturated carbocycles. The van der Waals surface area contributed by atoms with Crippen LogP contribution in [0.4, 0.5) is 0 Å². The van der Waals surface area contributed by atoms with Gasteiger partial charge in [-0.2, -0.15) is 0 Å². The molecule has 1 unspecified atom stereocenters. The van der Waals surface area contributed by atoms with Gasteiger partial charge in [-0.25, -0.2) is 0 Å². The van der Waals surface area contributed by atoms with Gasteiger partial charge >= 0.3 is 0 Å². The lowest BCUT2D eigenvalue weighted by Crippen LogP contribution is -2.14. The van der Waals surface area contributed by atoms with E-state index in [1.54, 1.807) is 0 Å². The van der Waals surface area contributed by atoms with Crippen molar-refractivity contribution in [2.24, 2.45) is 0 Å². The summed E-state index contributed by atoms with van der Waals surface area (Å²) in [5, 5.41) is -0.306. The van der Waals surface area contributed by atoms with Gasteiger partial charge < -0.3 is 4.74 Å². The molecule has 3 heteroatoms. The van der Waals surface area contributed by atoms with Gasteiger partial charge in [0.2, 0.25) is 5.12 Å². The molecule has 0 N–H and O–H groups in total. The van der Waals surface area contributed by atoms with Gasteiger partial charge in [0, 0.05) is 5.56 Å². The Balaban J connectivity index is 2.23. The minimum atomic E-state index is -0.665. The van der Waals surface area contributed by atoms with E-state index in [1.807, 2.05) is 60.7 Å². The normalized spacial score (nSPS) is 11.8. The van der Waals surface area contributed by atoms with Crippen LogP contribution >= 0.6 is 12.6 Å². The van der Waals surface area contributed by atoms with Crippen LogP contribution in [0.15, 0.2) is 60.7 Å². The van der Waals surface area contributed by atoms with Crippen molar-refractivity contribution in [3.05, 3.63) is 66.2 Å². The molecule has 2 aromatic carbocycles. The third-order valence-electron chi connectivity index (χ3n) is 2.32. The zero-order valence-corrected chi connectivity index (χ0v) is 10.0. The second kappa shape index (κ2) is 5.55. The predicted octanol–water partition coefficient (Wildman–Crippen LogP) is 3.26. The van der Waals surface area contributed by atoms with Crippen molar-refractivity contribution in [3.63, 3.8) is 0 Å². The fourth-order valence-electron chi connectivity index (χ4n) is 1.52. The highest BCUT2D eigenvalue weighted by atomic mass is 32.1. The molecule has 2 rings (SSSR count). The van der Waals surface area contributed by atoms with E-state index in [9.17, 15) is 4.79 Å². The molecule has 0 saturated heterocycles. The van der Waals surface area contributed by atoms with Crippen LogP contribution in [0.2, 0.25) is 0 Å². The zero-order chi connectivity index (χ0) is 12.1. The summed E-state index contributed by atoms with van der Waals surface area (Å²) in [6, 6.07) is 18.6. The van der Waals surface area contributed by atoms with Crippen molar-refractivity contribution >= 4 is 17.7 Å². The van der Waals surface area contributed by atoms with Crippen LogP contribution in [0.3, 0.4) is 0 Å². The Hall–Kier alpha value is -1.74. The minimum absolute atomic E-state index is 0.306. The molecule has 0 aliphatic carbocycles. The number of hydrogen-bond acceptors (Lipinski definition) is 2. The number of carbonyl (C=O) groups is 1. The average Bonchev–Trinajstić information content (AvgIpc) is 2.38. The van der Waals surface area contributed by atoms with E-state index >= 15 is 0 Å². The number of carbonyl (C=O) groups excluding carboxylic acids is 1. The van der Waals surface area contributed by atoms with Gasteiger partial charge in [0.05, 0.1) is 0 Å². The maximum atomic E-state index is 11.5. The van der Waals surface area contributed by atoms with Crippen LogP contribution in [0.5, 0.6) is 5.75 Å². The van der Waals surface area contributed by atoms with Crippen molar-refractivity contribution in [1.82, 2.24) is 0 Å². The van der Waals surface area contributed by atoms with Crippen molar-refractivity contribution in [1.29, 1.82) is 0 Å². The summed E-state index contributed by atoms with van der Waals surface area (Å²) in [5.41, 5.74) is 0.802. The van der Waals surface area contributed by atoms with E-state index in [2.05, 4.69) is 12.6 Å². The van der Waals surface area contributed by atoms with Gasteiger partial charge in [-0.15, -0.1) is 12.6 Å². The second-order valence-corrected chi connectivity index (χ2v) is 4.00. The lowest BCUT2D eigenvalue weighted by Gasteiger charge is -2.16.